The normalized spacial score (nSPS) is 20.5. The van der Waals surface area contributed by atoms with Gasteiger partial charge in [0, 0.05) is 37.8 Å². The van der Waals surface area contributed by atoms with Crippen LogP contribution in [0.1, 0.15) is 23.8 Å². The molecule has 4 heterocycles. The Hall–Kier alpha value is -1.83. The van der Waals surface area contributed by atoms with E-state index in [1.54, 1.807) is 17.3 Å². The van der Waals surface area contributed by atoms with E-state index in [2.05, 4.69) is 22.5 Å². The maximum absolute atomic E-state index is 5.62. The van der Waals surface area contributed by atoms with Crippen LogP contribution in [0.25, 0.3) is 11.4 Å². The number of quaternary nitrogens is 1. The van der Waals surface area contributed by atoms with Crippen LogP contribution in [-0.4, -0.2) is 25.9 Å². The maximum atomic E-state index is 5.62. The molecule has 4 rings (SSSR count). The van der Waals surface area contributed by atoms with Gasteiger partial charge in [0.2, 0.25) is 4.77 Å². The average Bonchev–Trinajstić information content (AvgIpc) is 3.33. The summed E-state index contributed by atoms with van der Waals surface area (Å²) in [6.45, 7) is 1.99. The number of aromatic nitrogens is 4. The van der Waals surface area contributed by atoms with Crippen molar-refractivity contribution in [2.75, 3.05) is 6.54 Å². The molecule has 1 saturated heterocycles. The van der Waals surface area contributed by atoms with E-state index in [4.69, 9.17) is 17.3 Å². The van der Waals surface area contributed by atoms with Crippen molar-refractivity contribution in [1.82, 2.24) is 19.3 Å². The third-order valence-electron chi connectivity index (χ3n) is 4.70. The Morgan fingerprint density at radius 1 is 1.33 bits per heavy atom. The number of nitrogens with one attached hydrogen (secondary N) is 1. The third-order valence-corrected chi connectivity index (χ3v) is 6.17. The zero-order valence-corrected chi connectivity index (χ0v) is 15.2. The van der Waals surface area contributed by atoms with Crippen molar-refractivity contribution in [3.63, 3.8) is 0 Å². The zero-order valence-electron chi connectivity index (χ0n) is 13.6. The summed E-state index contributed by atoms with van der Waals surface area (Å²) < 4.78 is 4.73. The number of hydrogen-bond donors (Lipinski definition) is 1. The predicted octanol–water partition coefficient (Wildman–Crippen LogP) is 2.45. The van der Waals surface area contributed by atoms with Gasteiger partial charge in [0.1, 0.15) is 6.04 Å². The lowest BCUT2D eigenvalue weighted by Crippen LogP contribution is -3.09. The zero-order chi connectivity index (χ0) is 16.5. The highest BCUT2D eigenvalue weighted by molar-refractivity contribution is 7.71. The first-order chi connectivity index (χ1) is 11.7. The smallest absolute Gasteiger partial charge is 0.202 e. The van der Waals surface area contributed by atoms with E-state index >= 15 is 0 Å². The summed E-state index contributed by atoms with van der Waals surface area (Å²) in [5.74, 6) is 0.897. The Kier molecular flexibility index (Phi) is 4.30. The first-order valence-electron chi connectivity index (χ1n) is 8.16. The van der Waals surface area contributed by atoms with E-state index in [1.807, 2.05) is 39.8 Å². The lowest BCUT2D eigenvalue weighted by atomic mass is 10.2. The van der Waals surface area contributed by atoms with Gasteiger partial charge in [-0.05, 0) is 35.8 Å². The summed E-state index contributed by atoms with van der Waals surface area (Å²) in [4.78, 5) is 7.10. The van der Waals surface area contributed by atoms with E-state index in [9.17, 15) is 0 Å². The lowest BCUT2D eigenvalue weighted by molar-refractivity contribution is -0.941. The molecule has 0 saturated carbocycles. The number of likely N-dealkylation sites (tertiary alicyclic amines) is 1. The van der Waals surface area contributed by atoms with Crippen LogP contribution in [0.2, 0.25) is 0 Å². The number of pyridine rings is 1. The number of rotatable bonds is 4. The molecule has 1 fully saturated rings. The van der Waals surface area contributed by atoms with Crippen LogP contribution in [0.3, 0.4) is 0 Å². The van der Waals surface area contributed by atoms with Gasteiger partial charge in [-0.2, -0.15) is 4.68 Å². The predicted molar refractivity (Wildman–Crippen MR) is 97.4 cm³/mol. The van der Waals surface area contributed by atoms with Crippen molar-refractivity contribution in [3.8, 4) is 11.4 Å². The molecule has 0 aliphatic carbocycles. The molecule has 124 valence electrons. The Morgan fingerprint density at radius 3 is 2.92 bits per heavy atom. The molecule has 7 heteroatoms. The lowest BCUT2D eigenvalue weighted by Gasteiger charge is -2.20. The summed E-state index contributed by atoms with van der Waals surface area (Å²) in [6, 6.07) is 8.90. The molecule has 1 aliphatic heterocycles. The molecule has 2 atom stereocenters. The fraction of sp³-hybridized carbons (Fsp3) is 0.353. The molecule has 3 aromatic heterocycles. The second kappa shape index (κ2) is 6.58. The third kappa shape index (κ3) is 2.83. The minimum Gasteiger partial charge on any atom is -0.309 e. The summed E-state index contributed by atoms with van der Waals surface area (Å²) in [5, 5.41) is 6.95. The fourth-order valence-electron chi connectivity index (χ4n) is 3.47. The number of hydrogen-bond acceptors (Lipinski definition) is 4. The van der Waals surface area contributed by atoms with E-state index in [-0.39, 0.29) is 0 Å². The van der Waals surface area contributed by atoms with Gasteiger partial charge < -0.3 is 9.47 Å². The van der Waals surface area contributed by atoms with E-state index in [0.29, 0.717) is 6.04 Å². The molecule has 0 radical (unpaired) electrons. The van der Waals surface area contributed by atoms with Crippen molar-refractivity contribution in [3.05, 3.63) is 51.7 Å². The molecule has 3 aromatic rings. The highest BCUT2D eigenvalue weighted by Crippen LogP contribution is 2.23. The molecule has 1 unspecified atom stereocenters. The van der Waals surface area contributed by atoms with Gasteiger partial charge >= 0.3 is 0 Å². The van der Waals surface area contributed by atoms with Crippen LogP contribution in [-0.2, 0) is 13.7 Å². The van der Waals surface area contributed by atoms with Crippen LogP contribution >= 0.6 is 23.6 Å². The minimum absolute atomic E-state index is 0.568. The van der Waals surface area contributed by atoms with Gasteiger partial charge in [-0.15, -0.1) is 16.4 Å². The van der Waals surface area contributed by atoms with Crippen molar-refractivity contribution in [2.45, 2.75) is 25.6 Å². The molecule has 0 aromatic carbocycles. The van der Waals surface area contributed by atoms with Crippen LogP contribution < -0.4 is 4.90 Å². The van der Waals surface area contributed by atoms with Crippen molar-refractivity contribution < 1.29 is 4.90 Å². The highest BCUT2D eigenvalue weighted by atomic mass is 32.1. The minimum atomic E-state index is 0.568. The van der Waals surface area contributed by atoms with E-state index in [0.717, 1.165) is 22.8 Å². The molecule has 5 nitrogen and oxygen atoms in total. The number of thiophene rings is 1. The second-order valence-electron chi connectivity index (χ2n) is 6.18. The molecule has 24 heavy (non-hydrogen) atoms. The molecular weight excluding hydrogens is 338 g/mol. The quantitative estimate of drug-likeness (QED) is 0.728. The van der Waals surface area contributed by atoms with Gasteiger partial charge in [-0.3, -0.25) is 4.98 Å². The molecule has 0 amide bonds. The van der Waals surface area contributed by atoms with Crippen LogP contribution in [0, 0.1) is 4.77 Å². The largest absolute Gasteiger partial charge is 0.309 e. The molecular formula is C17H20N5S2+. The van der Waals surface area contributed by atoms with Gasteiger partial charge in [-0.1, -0.05) is 6.07 Å². The van der Waals surface area contributed by atoms with Crippen LogP contribution in [0.15, 0.2) is 42.0 Å². The summed E-state index contributed by atoms with van der Waals surface area (Å²) in [5.41, 5.74) is 1.04. The number of nitrogens with zero attached hydrogens (tertiary/aromatic N) is 4. The van der Waals surface area contributed by atoms with Gasteiger partial charge in [0.15, 0.2) is 12.5 Å². The van der Waals surface area contributed by atoms with Gasteiger partial charge in [-0.25, -0.2) is 0 Å². The molecule has 0 bridgehead atoms. The van der Waals surface area contributed by atoms with Crippen molar-refractivity contribution in [2.24, 2.45) is 7.05 Å². The first kappa shape index (κ1) is 15.7. The van der Waals surface area contributed by atoms with Crippen LogP contribution in [0.4, 0.5) is 0 Å². The van der Waals surface area contributed by atoms with Crippen molar-refractivity contribution >= 4 is 23.6 Å². The summed E-state index contributed by atoms with van der Waals surface area (Å²) >= 11 is 7.48. The SMILES string of the molecule is Cn1c(-c2ccncc2)nn(C[NH+]2CCC[C@@H]2c2cccs2)c1=S. The summed E-state index contributed by atoms with van der Waals surface area (Å²) in [7, 11) is 1.98. The molecule has 1 aliphatic rings. The van der Waals surface area contributed by atoms with Crippen LogP contribution in [0.5, 0.6) is 0 Å². The van der Waals surface area contributed by atoms with Crippen molar-refractivity contribution in [1.29, 1.82) is 0 Å². The molecule has 1 N–H and O–H groups in total. The molecule has 0 spiro atoms. The monoisotopic (exact) mass is 358 g/mol. The van der Waals surface area contributed by atoms with E-state index in [1.165, 1.54) is 24.3 Å². The van der Waals surface area contributed by atoms with Gasteiger partial charge in [0.05, 0.1) is 11.4 Å². The summed E-state index contributed by atoms with van der Waals surface area (Å²) in [6.07, 6.45) is 6.08. The Morgan fingerprint density at radius 2 is 2.17 bits per heavy atom. The maximum Gasteiger partial charge on any atom is 0.202 e. The fourth-order valence-corrected chi connectivity index (χ4v) is 4.58. The Balaban J connectivity index is 1.62. The van der Waals surface area contributed by atoms with E-state index < -0.39 is 0 Å². The Bertz CT molecular complexity index is 866. The average molecular weight is 359 g/mol. The first-order valence-corrected chi connectivity index (χ1v) is 9.45. The second-order valence-corrected chi connectivity index (χ2v) is 7.52. The van der Waals surface area contributed by atoms with Gasteiger partial charge in [0.25, 0.3) is 0 Å². The highest BCUT2D eigenvalue weighted by Gasteiger charge is 2.31. The standard InChI is InChI=1S/C17H19N5S2/c1-20-16(13-6-8-18-9-7-13)19-22(17(20)23)12-21-10-2-4-14(21)15-5-3-11-24-15/h3,5-9,11,14H,2,4,10,12H2,1H3/p+1/t14-/m1/s1. The Labute approximate surface area is 150 Å². The topological polar surface area (TPSA) is 40.1 Å².